The molecule has 0 aliphatic rings. The fraction of sp³-hybridized carbons (Fsp3) is 0.188. The summed E-state index contributed by atoms with van der Waals surface area (Å²) < 4.78 is 31.9. The van der Waals surface area contributed by atoms with Gasteiger partial charge in [-0.25, -0.2) is 8.78 Å². The summed E-state index contributed by atoms with van der Waals surface area (Å²) in [7, 11) is 1.58. The van der Waals surface area contributed by atoms with Crippen LogP contribution in [0.1, 0.15) is 5.56 Å². The number of methoxy groups -OCH3 is 1. The van der Waals surface area contributed by atoms with Gasteiger partial charge in [0.15, 0.2) is 5.96 Å². The van der Waals surface area contributed by atoms with Gasteiger partial charge in [-0.15, -0.1) is 0 Å². The van der Waals surface area contributed by atoms with Crippen molar-refractivity contribution in [1.82, 2.24) is 0 Å². The molecule has 0 spiro atoms. The molecule has 0 atom stereocenters. The van der Waals surface area contributed by atoms with Gasteiger partial charge in [-0.2, -0.15) is 0 Å². The molecule has 2 rings (SSSR count). The Morgan fingerprint density at radius 2 is 1.77 bits per heavy atom. The van der Waals surface area contributed by atoms with Gasteiger partial charge in [0.1, 0.15) is 17.4 Å². The first kappa shape index (κ1) is 15.8. The summed E-state index contributed by atoms with van der Waals surface area (Å²) in [5.74, 6) is -0.230. The monoisotopic (exact) mass is 305 g/mol. The highest BCUT2D eigenvalue weighted by Crippen LogP contribution is 2.15. The lowest BCUT2D eigenvalue weighted by Crippen LogP contribution is -2.23. The molecular formula is C16H17F2N3O. The Bertz CT molecular complexity index is 637. The molecule has 0 aliphatic carbocycles. The first-order chi connectivity index (χ1) is 10.6. The zero-order valence-electron chi connectivity index (χ0n) is 12.1. The molecule has 3 N–H and O–H groups in total. The van der Waals surface area contributed by atoms with Crippen LogP contribution in [0.2, 0.25) is 0 Å². The molecule has 0 aliphatic heterocycles. The molecule has 4 nitrogen and oxygen atoms in total. The average molecular weight is 305 g/mol. The van der Waals surface area contributed by atoms with Gasteiger partial charge in [0, 0.05) is 17.8 Å². The first-order valence-corrected chi connectivity index (χ1v) is 6.74. The van der Waals surface area contributed by atoms with Gasteiger partial charge in [-0.3, -0.25) is 4.99 Å². The van der Waals surface area contributed by atoms with E-state index in [2.05, 4.69) is 10.3 Å². The Hall–Kier alpha value is -2.63. The molecule has 0 fully saturated rings. The minimum absolute atomic E-state index is 0.0171. The van der Waals surface area contributed by atoms with Crippen LogP contribution in [0.15, 0.2) is 47.5 Å². The number of hydrogen-bond acceptors (Lipinski definition) is 2. The predicted molar refractivity (Wildman–Crippen MR) is 83.2 cm³/mol. The van der Waals surface area contributed by atoms with E-state index in [4.69, 9.17) is 10.5 Å². The van der Waals surface area contributed by atoms with Gasteiger partial charge in [-0.05, 0) is 42.8 Å². The first-order valence-electron chi connectivity index (χ1n) is 6.74. The van der Waals surface area contributed by atoms with Crippen LogP contribution >= 0.6 is 0 Å². The Morgan fingerprint density at radius 1 is 1.14 bits per heavy atom. The van der Waals surface area contributed by atoms with Crippen molar-refractivity contribution < 1.29 is 13.5 Å². The third-order valence-corrected chi connectivity index (χ3v) is 3.07. The van der Waals surface area contributed by atoms with Gasteiger partial charge >= 0.3 is 0 Å². The summed E-state index contributed by atoms with van der Waals surface area (Å²) in [4.78, 5) is 4.06. The highest BCUT2D eigenvalue weighted by Gasteiger charge is 2.07. The van der Waals surface area contributed by atoms with Crippen LogP contribution in [-0.2, 0) is 6.42 Å². The van der Waals surface area contributed by atoms with Gasteiger partial charge in [0.25, 0.3) is 0 Å². The molecule has 2 aromatic rings. The van der Waals surface area contributed by atoms with Gasteiger partial charge in [-0.1, -0.05) is 6.07 Å². The molecule has 0 aromatic heterocycles. The third-order valence-electron chi connectivity index (χ3n) is 3.07. The van der Waals surface area contributed by atoms with Crippen LogP contribution in [-0.4, -0.2) is 19.6 Å². The van der Waals surface area contributed by atoms with Crippen molar-refractivity contribution in [3.05, 3.63) is 59.7 Å². The molecule has 0 saturated carbocycles. The van der Waals surface area contributed by atoms with Crippen LogP contribution < -0.4 is 15.8 Å². The second-order valence-corrected chi connectivity index (χ2v) is 4.57. The molecule has 2 aromatic carbocycles. The molecule has 0 amide bonds. The number of halogens is 2. The number of nitrogens with zero attached hydrogens (tertiary/aromatic N) is 1. The lowest BCUT2D eigenvalue weighted by Gasteiger charge is -2.07. The van der Waals surface area contributed by atoms with Crippen LogP contribution in [0.5, 0.6) is 5.75 Å². The maximum absolute atomic E-state index is 13.4. The maximum atomic E-state index is 13.4. The van der Waals surface area contributed by atoms with Gasteiger partial charge < -0.3 is 15.8 Å². The van der Waals surface area contributed by atoms with E-state index in [-0.39, 0.29) is 24.5 Å². The number of ether oxygens (including phenoxy) is 1. The Morgan fingerprint density at radius 3 is 2.36 bits per heavy atom. The van der Waals surface area contributed by atoms with E-state index in [1.807, 2.05) is 0 Å². The minimum Gasteiger partial charge on any atom is -0.497 e. The third kappa shape index (κ3) is 4.18. The van der Waals surface area contributed by atoms with Gasteiger partial charge in [0.2, 0.25) is 0 Å². The largest absolute Gasteiger partial charge is 0.497 e. The van der Waals surface area contributed by atoms with E-state index >= 15 is 0 Å². The standard InChI is InChI=1S/C16H17F2N3O/c1-22-12-7-5-11(6-8-12)21-16(19)20-10-9-13-14(17)3-2-4-15(13)18/h2-8H,9-10H2,1H3,(H3,19,20,21). The Labute approximate surface area is 127 Å². The lowest BCUT2D eigenvalue weighted by atomic mass is 10.1. The number of hydrogen-bond donors (Lipinski definition) is 2. The molecule has 0 radical (unpaired) electrons. The Kier molecular flexibility index (Phi) is 5.30. The zero-order chi connectivity index (χ0) is 15.9. The van der Waals surface area contributed by atoms with Crippen molar-refractivity contribution in [2.24, 2.45) is 10.7 Å². The number of guanidine groups is 1. The maximum Gasteiger partial charge on any atom is 0.193 e. The molecule has 116 valence electrons. The molecule has 6 heteroatoms. The molecule has 0 saturated heterocycles. The lowest BCUT2D eigenvalue weighted by molar-refractivity contribution is 0.415. The van der Waals surface area contributed by atoms with Crippen LogP contribution in [0.3, 0.4) is 0 Å². The topological polar surface area (TPSA) is 59.6 Å². The molecule has 22 heavy (non-hydrogen) atoms. The van der Waals surface area contributed by atoms with E-state index in [9.17, 15) is 8.78 Å². The van der Waals surface area contributed by atoms with Crippen molar-refractivity contribution in [3.63, 3.8) is 0 Å². The number of nitrogens with two attached hydrogens (primary N) is 1. The van der Waals surface area contributed by atoms with Crippen LogP contribution in [0.25, 0.3) is 0 Å². The zero-order valence-corrected chi connectivity index (χ0v) is 12.1. The van der Waals surface area contributed by atoms with Crippen molar-refractivity contribution in [2.75, 3.05) is 19.0 Å². The van der Waals surface area contributed by atoms with Gasteiger partial charge in [0.05, 0.1) is 7.11 Å². The number of benzene rings is 2. The van der Waals surface area contributed by atoms with Crippen molar-refractivity contribution in [3.8, 4) is 5.75 Å². The van der Waals surface area contributed by atoms with Crippen molar-refractivity contribution in [1.29, 1.82) is 0 Å². The van der Waals surface area contributed by atoms with E-state index in [0.29, 0.717) is 0 Å². The minimum atomic E-state index is -0.572. The average Bonchev–Trinajstić information content (AvgIpc) is 2.51. The van der Waals surface area contributed by atoms with Crippen LogP contribution in [0.4, 0.5) is 14.5 Å². The number of rotatable bonds is 5. The summed E-state index contributed by atoms with van der Waals surface area (Å²) in [6.07, 6.45) is 0.142. The van der Waals surface area contributed by atoms with E-state index in [1.165, 1.54) is 18.2 Å². The van der Waals surface area contributed by atoms with E-state index in [0.717, 1.165) is 11.4 Å². The molecular weight excluding hydrogens is 288 g/mol. The number of anilines is 1. The predicted octanol–water partition coefficient (Wildman–Crippen LogP) is 2.94. The number of aliphatic imine (C=N–C) groups is 1. The summed E-state index contributed by atoms with van der Waals surface area (Å²) in [5, 5.41) is 2.89. The summed E-state index contributed by atoms with van der Waals surface area (Å²) >= 11 is 0. The quantitative estimate of drug-likeness (QED) is 0.659. The number of nitrogens with one attached hydrogen (secondary N) is 1. The van der Waals surface area contributed by atoms with Crippen molar-refractivity contribution in [2.45, 2.75) is 6.42 Å². The highest BCUT2D eigenvalue weighted by atomic mass is 19.1. The SMILES string of the molecule is COc1ccc(NC(N)=NCCc2c(F)cccc2F)cc1. The second-order valence-electron chi connectivity index (χ2n) is 4.57. The van der Waals surface area contributed by atoms with E-state index < -0.39 is 11.6 Å². The fourth-order valence-corrected chi connectivity index (χ4v) is 1.92. The molecule has 0 unspecified atom stereocenters. The fourth-order valence-electron chi connectivity index (χ4n) is 1.92. The van der Waals surface area contributed by atoms with E-state index in [1.54, 1.807) is 31.4 Å². The second kappa shape index (κ2) is 7.40. The molecule has 0 heterocycles. The van der Waals surface area contributed by atoms with Crippen LogP contribution in [0, 0.1) is 11.6 Å². The summed E-state index contributed by atoms with van der Waals surface area (Å²) in [6.45, 7) is 0.187. The summed E-state index contributed by atoms with van der Waals surface area (Å²) in [6, 6.07) is 10.9. The Balaban J connectivity index is 1.92. The smallest absolute Gasteiger partial charge is 0.193 e. The van der Waals surface area contributed by atoms with Crippen molar-refractivity contribution >= 4 is 11.6 Å². The normalized spacial score (nSPS) is 11.3. The molecule has 0 bridgehead atoms. The highest BCUT2D eigenvalue weighted by molar-refractivity contribution is 5.92. The summed E-state index contributed by atoms with van der Waals surface area (Å²) in [5.41, 5.74) is 6.50.